The molecule has 1 aliphatic heterocycles. The van der Waals surface area contributed by atoms with Crippen LogP contribution < -0.4 is 15.4 Å². The molecule has 0 aliphatic carbocycles. The first kappa shape index (κ1) is 20.9. The van der Waals surface area contributed by atoms with E-state index in [1.807, 2.05) is 12.1 Å². The van der Waals surface area contributed by atoms with Gasteiger partial charge in [0.2, 0.25) is 5.91 Å². The number of likely N-dealkylation sites (N-methyl/N-ethyl adjacent to an activating group) is 1. The Kier molecular flexibility index (Phi) is 6.87. The number of carbonyl (C=O) groups is 3. The second kappa shape index (κ2) is 9.56. The largest absolute Gasteiger partial charge is 0.484 e. The molecule has 1 aliphatic rings. The zero-order valence-corrected chi connectivity index (χ0v) is 17.6. The Morgan fingerprint density at radius 2 is 1.93 bits per heavy atom. The zero-order chi connectivity index (χ0) is 20.8. The van der Waals surface area contributed by atoms with Gasteiger partial charge in [-0.25, -0.2) is 0 Å². The molecule has 152 valence electrons. The van der Waals surface area contributed by atoms with Crippen molar-refractivity contribution in [3.63, 3.8) is 0 Å². The fourth-order valence-electron chi connectivity index (χ4n) is 3.15. The van der Waals surface area contributed by atoms with Crippen molar-refractivity contribution in [1.82, 2.24) is 10.2 Å². The molecule has 1 saturated heterocycles. The van der Waals surface area contributed by atoms with E-state index in [-0.39, 0.29) is 24.3 Å². The van der Waals surface area contributed by atoms with Crippen molar-refractivity contribution in [2.75, 3.05) is 25.5 Å². The van der Waals surface area contributed by atoms with E-state index < -0.39 is 6.04 Å². The molecule has 1 fully saturated rings. The lowest BCUT2D eigenvalue weighted by Gasteiger charge is -2.24. The molecule has 0 spiro atoms. The van der Waals surface area contributed by atoms with E-state index in [0.29, 0.717) is 30.0 Å². The third kappa shape index (κ3) is 5.35. The Labute approximate surface area is 177 Å². The van der Waals surface area contributed by atoms with E-state index in [9.17, 15) is 14.4 Å². The van der Waals surface area contributed by atoms with Crippen LogP contribution in [0.3, 0.4) is 0 Å². The van der Waals surface area contributed by atoms with Crippen molar-refractivity contribution in [2.24, 2.45) is 0 Å². The third-order valence-corrected chi connectivity index (χ3v) is 5.19. The Bertz CT molecular complexity index is 901. The van der Waals surface area contributed by atoms with Gasteiger partial charge in [-0.05, 0) is 49.2 Å². The molecular formula is C21H22BrN3O4. The summed E-state index contributed by atoms with van der Waals surface area (Å²) in [6, 6.07) is 13.4. The van der Waals surface area contributed by atoms with E-state index in [2.05, 4.69) is 26.6 Å². The highest BCUT2D eigenvalue weighted by Gasteiger charge is 2.34. The summed E-state index contributed by atoms with van der Waals surface area (Å²) in [5, 5.41) is 5.33. The van der Waals surface area contributed by atoms with Gasteiger partial charge in [0, 0.05) is 35.4 Å². The second-order valence-corrected chi connectivity index (χ2v) is 7.56. The van der Waals surface area contributed by atoms with Gasteiger partial charge in [-0.15, -0.1) is 0 Å². The minimum absolute atomic E-state index is 0.105. The normalized spacial score (nSPS) is 15.7. The minimum atomic E-state index is -0.526. The molecule has 7 nitrogen and oxygen atoms in total. The summed E-state index contributed by atoms with van der Waals surface area (Å²) in [6.07, 6.45) is 1.39. The predicted molar refractivity (Wildman–Crippen MR) is 113 cm³/mol. The van der Waals surface area contributed by atoms with Crippen molar-refractivity contribution in [1.29, 1.82) is 0 Å². The Balaban J connectivity index is 1.66. The SMILES string of the molecule is CNC(=O)COc1cccc(NC(=O)C2CCCN2C(=O)c2ccc(Br)cc2)c1. The van der Waals surface area contributed by atoms with Gasteiger partial charge < -0.3 is 20.3 Å². The summed E-state index contributed by atoms with van der Waals surface area (Å²) in [6.45, 7) is 0.439. The molecule has 0 saturated carbocycles. The molecule has 1 atom stereocenters. The lowest BCUT2D eigenvalue weighted by atomic mass is 10.1. The number of halogens is 1. The highest BCUT2D eigenvalue weighted by atomic mass is 79.9. The smallest absolute Gasteiger partial charge is 0.257 e. The number of nitrogens with zero attached hydrogens (tertiary/aromatic N) is 1. The average Bonchev–Trinajstić information content (AvgIpc) is 3.22. The van der Waals surface area contributed by atoms with Gasteiger partial charge >= 0.3 is 0 Å². The molecule has 3 rings (SSSR count). The van der Waals surface area contributed by atoms with Gasteiger partial charge in [0.1, 0.15) is 11.8 Å². The van der Waals surface area contributed by atoms with Gasteiger partial charge in [0.05, 0.1) is 0 Å². The van der Waals surface area contributed by atoms with E-state index >= 15 is 0 Å². The molecule has 2 aromatic rings. The fraction of sp³-hybridized carbons (Fsp3) is 0.286. The number of hydrogen-bond donors (Lipinski definition) is 2. The molecule has 2 N–H and O–H groups in total. The van der Waals surface area contributed by atoms with E-state index in [4.69, 9.17) is 4.74 Å². The summed E-state index contributed by atoms with van der Waals surface area (Å²) < 4.78 is 6.29. The molecular weight excluding hydrogens is 438 g/mol. The minimum Gasteiger partial charge on any atom is -0.484 e. The number of nitrogens with one attached hydrogen (secondary N) is 2. The summed E-state index contributed by atoms with van der Waals surface area (Å²) in [5.41, 5.74) is 1.10. The van der Waals surface area contributed by atoms with Crippen molar-refractivity contribution in [3.05, 3.63) is 58.6 Å². The quantitative estimate of drug-likeness (QED) is 0.694. The lowest BCUT2D eigenvalue weighted by molar-refractivity contribution is -0.122. The maximum absolute atomic E-state index is 12.8. The monoisotopic (exact) mass is 459 g/mol. The topological polar surface area (TPSA) is 87.7 Å². The summed E-state index contributed by atoms with van der Waals surface area (Å²) in [7, 11) is 1.53. The standard InChI is InChI=1S/C21H22BrN3O4/c1-23-19(26)13-29-17-5-2-4-16(12-17)24-20(27)18-6-3-11-25(18)21(28)14-7-9-15(22)10-8-14/h2,4-5,7-10,12,18H,3,6,11,13H2,1H3,(H,23,26)(H,24,27). The summed E-state index contributed by atoms with van der Waals surface area (Å²) >= 11 is 3.36. The van der Waals surface area contributed by atoms with Crippen molar-refractivity contribution < 1.29 is 19.1 Å². The number of benzene rings is 2. The van der Waals surface area contributed by atoms with Crippen LogP contribution in [0.25, 0.3) is 0 Å². The van der Waals surface area contributed by atoms with Gasteiger partial charge in [-0.1, -0.05) is 22.0 Å². The number of ether oxygens (including phenoxy) is 1. The van der Waals surface area contributed by atoms with Gasteiger partial charge in [-0.3, -0.25) is 14.4 Å². The first-order valence-electron chi connectivity index (χ1n) is 9.29. The molecule has 0 radical (unpaired) electrons. The Morgan fingerprint density at radius 1 is 1.17 bits per heavy atom. The highest BCUT2D eigenvalue weighted by Crippen LogP contribution is 2.24. The van der Waals surface area contributed by atoms with Crippen LogP contribution in [-0.4, -0.2) is 48.9 Å². The van der Waals surface area contributed by atoms with Crippen LogP contribution in [0.5, 0.6) is 5.75 Å². The number of carbonyl (C=O) groups excluding carboxylic acids is 3. The Hall–Kier alpha value is -2.87. The molecule has 29 heavy (non-hydrogen) atoms. The first-order valence-corrected chi connectivity index (χ1v) is 10.1. The third-order valence-electron chi connectivity index (χ3n) is 4.66. The average molecular weight is 460 g/mol. The number of anilines is 1. The molecule has 3 amide bonds. The van der Waals surface area contributed by atoms with Crippen LogP contribution in [0.1, 0.15) is 23.2 Å². The number of amides is 3. The van der Waals surface area contributed by atoms with Crippen molar-refractivity contribution in [3.8, 4) is 5.75 Å². The first-order chi connectivity index (χ1) is 14.0. The molecule has 2 aromatic carbocycles. The summed E-state index contributed by atoms with van der Waals surface area (Å²) in [4.78, 5) is 38.6. The molecule has 8 heteroatoms. The maximum atomic E-state index is 12.8. The van der Waals surface area contributed by atoms with E-state index in [1.165, 1.54) is 7.05 Å². The summed E-state index contributed by atoms with van der Waals surface area (Å²) in [5.74, 6) is -0.165. The van der Waals surface area contributed by atoms with E-state index in [0.717, 1.165) is 10.9 Å². The van der Waals surface area contributed by atoms with E-state index in [1.54, 1.807) is 41.3 Å². The zero-order valence-electron chi connectivity index (χ0n) is 16.0. The number of hydrogen-bond acceptors (Lipinski definition) is 4. The second-order valence-electron chi connectivity index (χ2n) is 6.64. The molecule has 0 aromatic heterocycles. The van der Waals surface area contributed by atoms with Crippen LogP contribution in [-0.2, 0) is 9.59 Å². The van der Waals surface area contributed by atoms with Crippen molar-refractivity contribution in [2.45, 2.75) is 18.9 Å². The van der Waals surface area contributed by atoms with Crippen LogP contribution in [0.4, 0.5) is 5.69 Å². The molecule has 0 bridgehead atoms. The van der Waals surface area contributed by atoms with Crippen LogP contribution >= 0.6 is 15.9 Å². The maximum Gasteiger partial charge on any atom is 0.257 e. The predicted octanol–water partition coefficient (Wildman–Crippen LogP) is 2.82. The number of rotatable bonds is 6. The molecule has 1 unspecified atom stereocenters. The lowest BCUT2D eigenvalue weighted by Crippen LogP contribution is -2.43. The van der Waals surface area contributed by atoms with Crippen LogP contribution in [0.2, 0.25) is 0 Å². The molecule has 1 heterocycles. The highest BCUT2D eigenvalue weighted by molar-refractivity contribution is 9.10. The Morgan fingerprint density at radius 3 is 2.66 bits per heavy atom. The van der Waals surface area contributed by atoms with Crippen LogP contribution in [0.15, 0.2) is 53.0 Å². The fourth-order valence-corrected chi connectivity index (χ4v) is 3.42. The van der Waals surface area contributed by atoms with Crippen molar-refractivity contribution >= 4 is 39.3 Å². The van der Waals surface area contributed by atoms with Crippen LogP contribution in [0, 0.1) is 0 Å². The van der Waals surface area contributed by atoms with Gasteiger partial charge in [0.25, 0.3) is 11.8 Å². The van der Waals surface area contributed by atoms with Gasteiger partial charge in [0.15, 0.2) is 6.61 Å². The van der Waals surface area contributed by atoms with Gasteiger partial charge in [-0.2, -0.15) is 0 Å². The number of likely N-dealkylation sites (tertiary alicyclic amines) is 1.